The van der Waals surface area contributed by atoms with E-state index >= 15 is 0 Å². The van der Waals surface area contributed by atoms with Gasteiger partial charge in [-0.2, -0.15) is 18.2 Å². The standard InChI is InChI=1S/C9H9F3N2O2/c1-13-8(15)14(16)7-4-2-6(3-5-7)9(10,11)12/h2-5,16H,1H3,(H,13,15). The van der Waals surface area contributed by atoms with E-state index in [1.54, 1.807) is 0 Å². The van der Waals surface area contributed by atoms with Crippen LogP contribution in [0, 0.1) is 0 Å². The molecule has 2 N–H and O–H groups in total. The van der Waals surface area contributed by atoms with Gasteiger partial charge >= 0.3 is 12.2 Å². The summed E-state index contributed by atoms with van der Waals surface area (Å²) in [6.45, 7) is 0. The van der Waals surface area contributed by atoms with Crippen LogP contribution >= 0.6 is 0 Å². The minimum Gasteiger partial charge on any atom is -0.339 e. The number of urea groups is 1. The Kier molecular flexibility index (Phi) is 3.38. The molecule has 1 aromatic rings. The van der Waals surface area contributed by atoms with Gasteiger partial charge in [-0.3, -0.25) is 5.21 Å². The molecular formula is C9H9F3N2O2. The molecule has 0 bridgehead atoms. The number of hydroxylamine groups is 1. The van der Waals surface area contributed by atoms with Crippen molar-refractivity contribution in [3.63, 3.8) is 0 Å². The van der Waals surface area contributed by atoms with Gasteiger partial charge in [0.25, 0.3) is 0 Å². The fraction of sp³-hybridized carbons (Fsp3) is 0.222. The molecule has 1 aromatic carbocycles. The van der Waals surface area contributed by atoms with Crippen molar-refractivity contribution in [2.75, 3.05) is 12.1 Å². The van der Waals surface area contributed by atoms with E-state index in [0.29, 0.717) is 0 Å². The van der Waals surface area contributed by atoms with Gasteiger partial charge in [-0.25, -0.2) is 4.79 Å². The van der Waals surface area contributed by atoms with Crippen molar-refractivity contribution in [1.29, 1.82) is 0 Å². The van der Waals surface area contributed by atoms with E-state index in [0.717, 1.165) is 24.3 Å². The third-order valence-electron chi connectivity index (χ3n) is 1.85. The number of hydrogen-bond acceptors (Lipinski definition) is 2. The van der Waals surface area contributed by atoms with Crippen molar-refractivity contribution in [2.45, 2.75) is 6.18 Å². The SMILES string of the molecule is CNC(=O)N(O)c1ccc(C(F)(F)F)cc1. The molecule has 0 fully saturated rings. The van der Waals surface area contributed by atoms with Crippen LogP contribution in [0.1, 0.15) is 5.56 Å². The monoisotopic (exact) mass is 234 g/mol. The molecular weight excluding hydrogens is 225 g/mol. The van der Waals surface area contributed by atoms with Gasteiger partial charge in [0.1, 0.15) is 0 Å². The first-order valence-corrected chi connectivity index (χ1v) is 4.24. The largest absolute Gasteiger partial charge is 0.416 e. The van der Waals surface area contributed by atoms with Gasteiger partial charge < -0.3 is 5.32 Å². The lowest BCUT2D eigenvalue weighted by Crippen LogP contribution is -2.35. The Morgan fingerprint density at radius 3 is 2.19 bits per heavy atom. The number of rotatable bonds is 1. The van der Waals surface area contributed by atoms with Gasteiger partial charge in [-0.1, -0.05) is 0 Å². The highest BCUT2D eigenvalue weighted by atomic mass is 19.4. The summed E-state index contributed by atoms with van der Waals surface area (Å²) >= 11 is 0. The molecule has 1 rings (SSSR count). The Hall–Kier alpha value is -1.76. The third kappa shape index (κ3) is 2.63. The summed E-state index contributed by atoms with van der Waals surface area (Å²) in [5.74, 6) is 0. The topological polar surface area (TPSA) is 52.6 Å². The molecule has 0 heterocycles. The van der Waals surface area contributed by atoms with Crippen molar-refractivity contribution in [3.05, 3.63) is 29.8 Å². The van der Waals surface area contributed by atoms with Crippen LogP contribution in [0.4, 0.5) is 23.7 Å². The zero-order chi connectivity index (χ0) is 12.3. The summed E-state index contributed by atoms with van der Waals surface area (Å²) in [6, 6.07) is 2.72. The van der Waals surface area contributed by atoms with Crippen molar-refractivity contribution < 1.29 is 23.2 Å². The van der Waals surface area contributed by atoms with Crippen LogP contribution in [0.3, 0.4) is 0 Å². The highest BCUT2D eigenvalue weighted by Crippen LogP contribution is 2.30. The summed E-state index contributed by atoms with van der Waals surface area (Å²) in [7, 11) is 1.29. The maximum atomic E-state index is 12.2. The average Bonchev–Trinajstić information content (AvgIpc) is 2.26. The smallest absolute Gasteiger partial charge is 0.339 e. The second-order valence-corrected chi connectivity index (χ2v) is 2.91. The number of hydrogen-bond donors (Lipinski definition) is 2. The predicted molar refractivity (Wildman–Crippen MR) is 50.2 cm³/mol. The maximum absolute atomic E-state index is 12.2. The van der Waals surface area contributed by atoms with Crippen LogP contribution in [-0.2, 0) is 6.18 Å². The van der Waals surface area contributed by atoms with Gasteiger partial charge in [0.2, 0.25) is 0 Å². The number of carbonyl (C=O) groups is 1. The molecule has 0 aliphatic carbocycles. The predicted octanol–water partition coefficient (Wildman–Crippen LogP) is 2.24. The van der Waals surface area contributed by atoms with Gasteiger partial charge in [0, 0.05) is 7.05 Å². The Morgan fingerprint density at radius 1 is 1.31 bits per heavy atom. The van der Waals surface area contributed by atoms with E-state index in [9.17, 15) is 23.2 Å². The van der Waals surface area contributed by atoms with Gasteiger partial charge in [0.15, 0.2) is 0 Å². The molecule has 2 amide bonds. The van der Waals surface area contributed by atoms with Gasteiger partial charge in [0.05, 0.1) is 11.3 Å². The molecule has 0 spiro atoms. The lowest BCUT2D eigenvalue weighted by molar-refractivity contribution is -0.137. The Balaban J connectivity index is 2.91. The molecule has 0 saturated carbocycles. The van der Waals surface area contributed by atoms with Crippen molar-refractivity contribution >= 4 is 11.7 Å². The van der Waals surface area contributed by atoms with E-state index < -0.39 is 17.8 Å². The molecule has 0 saturated heterocycles. The van der Waals surface area contributed by atoms with E-state index in [2.05, 4.69) is 5.32 Å². The van der Waals surface area contributed by atoms with E-state index in [1.807, 2.05) is 0 Å². The summed E-state index contributed by atoms with van der Waals surface area (Å²) in [5.41, 5.74) is -0.895. The number of halogens is 3. The van der Waals surface area contributed by atoms with Gasteiger partial charge in [-0.05, 0) is 24.3 Å². The average molecular weight is 234 g/mol. The summed E-state index contributed by atoms with van der Waals surface area (Å²) < 4.78 is 36.6. The van der Waals surface area contributed by atoms with Crippen LogP contribution in [0.25, 0.3) is 0 Å². The number of carbonyl (C=O) groups excluding carboxylic acids is 1. The molecule has 0 aliphatic rings. The van der Waals surface area contributed by atoms with Crippen LogP contribution in [-0.4, -0.2) is 18.3 Å². The first-order chi connectivity index (χ1) is 7.36. The summed E-state index contributed by atoms with van der Waals surface area (Å²) in [6.07, 6.45) is -4.44. The Bertz CT molecular complexity index is 375. The van der Waals surface area contributed by atoms with Crippen LogP contribution in [0.15, 0.2) is 24.3 Å². The highest BCUT2D eigenvalue weighted by Gasteiger charge is 2.30. The summed E-state index contributed by atoms with van der Waals surface area (Å²) in [5, 5.41) is 11.6. The second kappa shape index (κ2) is 4.40. The van der Waals surface area contributed by atoms with Crippen LogP contribution < -0.4 is 10.4 Å². The first kappa shape index (κ1) is 12.3. The zero-order valence-corrected chi connectivity index (χ0v) is 8.25. The molecule has 0 radical (unpaired) electrons. The third-order valence-corrected chi connectivity index (χ3v) is 1.85. The maximum Gasteiger partial charge on any atom is 0.416 e. The molecule has 16 heavy (non-hydrogen) atoms. The van der Waals surface area contributed by atoms with Crippen LogP contribution in [0.5, 0.6) is 0 Å². The second-order valence-electron chi connectivity index (χ2n) is 2.91. The van der Waals surface area contributed by atoms with Crippen LogP contribution in [0.2, 0.25) is 0 Å². The number of nitrogens with one attached hydrogen (secondary N) is 1. The normalized spacial score (nSPS) is 11.1. The fourth-order valence-corrected chi connectivity index (χ4v) is 1.01. The number of benzene rings is 1. The lowest BCUT2D eigenvalue weighted by Gasteiger charge is -2.14. The first-order valence-electron chi connectivity index (χ1n) is 4.24. The van der Waals surface area contributed by atoms with E-state index in [4.69, 9.17) is 0 Å². The Labute approximate surface area is 89.2 Å². The molecule has 88 valence electrons. The minimum absolute atomic E-state index is 0.0487. The molecule has 7 heteroatoms. The van der Waals surface area contributed by atoms with Gasteiger partial charge in [-0.15, -0.1) is 0 Å². The van der Waals surface area contributed by atoms with Crippen molar-refractivity contribution in [3.8, 4) is 0 Å². The van der Waals surface area contributed by atoms with E-state index in [-0.39, 0.29) is 10.8 Å². The quantitative estimate of drug-likeness (QED) is 0.578. The summed E-state index contributed by atoms with van der Waals surface area (Å²) in [4.78, 5) is 10.9. The number of alkyl halides is 3. The molecule has 0 atom stereocenters. The fourth-order valence-electron chi connectivity index (χ4n) is 1.01. The molecule has 0 unspecified atom stereocenters. The number of amides is 2. The van der Waals surface area contributed by atoms with Crippen molar-refractivity contribution in [2.24, 2.45) is 0 Å². The van der Waals surface area contributed by atoms with E-state index in [1.165, 1.54) is 7.05 Å². The minimum atomic E-state index is -4.44. The lowest BCUT2D eigenvalue weighted by atomic mass is 10.2. The molecule has 0 aliphatic heterocycles. The zero-order valence-electron chi connectivity index (χ0n) is 8.25. The molecule has 0 aromatic heterocycles. The highest BCUT2D eigenvalue weighted by molar-refractivity contribution is 5.89. The number of nitrogens with zero attached hydrogens (tertiary/aromatic N) is 1. The number of anilines is 1. The molecule has 4 nitrogen and oxygen atoms in total. The van der Waals surface area contributed by atoms with Crippen molar-refractivity contribution in [1.82, 2.24) is 5.32 Å². The Morgan fingerprint density at radius 2 is 1.81 bits per heavy atom.